The van der Waals surface area contributed by atoms with Gasteiger partial charge >= 0.3 is 0 Å². The van der Waals surface area contributed by atoms with Gasteiger partial charge in [-0.1, -0.05) is 42.5 Å². The quantitative estimate of drug-likeness (QED) is 0.460. The molecule has 0 fully saturated rings. The molecule has 0 aliphatic heterocycles. The van der Waals surface area contributed by atoms with Gasteiger partial charge in [0.2, 0.25) is 0 Å². The Kier molecular flexibility index (Phi) is 3.88. The lowest BCUT2D eigenvalue weighted by Crippen LogP contribution is -1.79. The van der Waals surface area contributed by atoms with Crippen LogP contribution in [0, 0.1) is 6.92 Å². The number of nitrogens with zero attached hydrogens (tertiary/aromatic N) is 2. The standard InChI is InChI=1S/C10H9N.C9H7N/c1-8-6-7-11-10-5-3-2-4-9(8)10;1-2-6-9-8(4-1)5-3-7-10-9/h2-7H,1H3;1-7H. The average Bonchev–Trinajstić information content (AvgIpc) is 2.56. The predicted molar refractivity (Wildman–Crippen MR) is 88.2 cm³/mol. The number of aryl methyl sites for hydroxylation is 1. The van der Waals surface area contributed by atoms with Crippen molar-refractivity contribution in [1.29, 1.82) is 0 Å². The van der Waals surface area contributed by atoms with Crippen LogP contribution in [0.3, 0.4) is 0 Å². The molecule has 0 N–H and O–H groups in total. The molecule has 0 aliphatic rings. The normalized spacial score (nSPS) is 10.1. The topological polar surface area (TPSA) is 25.8 Å². The molecule has 0 spiro atoms. The van der Waals surface area contributed by atoms with Gasteiger partial charge in [0, 0.05) is 23.2 Å². The first kappa shape index (κ1) is 13.3. The summed E-state index contributed by atoms with van der Waals surface area (Å²) < 4.78 is 0. The number of hydrogen-bond acceptors (Lipinski definition) is 2. The number of hydrogen-bond donors (Lipinski definition) is 0. The maximum absolute atomic E-state index is 4.24. The highest BCUT2D eigenvalue weighted by molar-refractivity contribution is 5.81. The van der Waals surface area contributed by atoms with Crippen molar-refractivity contribution in [3.63, 3.8) is 0 Å². The van der Waals surface area contributed by atoms with Crippen molar-refractivity contribution in [1.82, 2.24) is 9.97 Å². The second-order valence-corrected chi connectivity index (χ2v) is 4.84. The maximum atomic E-state index is 4.24. The number of rotatable bonds is 0. The smallest absolute Gasteiger partial charge is 0.0704 e. The molecule has 0 atom stereocenters. The van der Waals surface area contributed by atoms with Crippen molar-refractivity contribution in [2.45, 2.75) is 6.92 Å². The van der Waals surface area contributed by atoms with Gasteiger partial charge < -0.3 is 0 Å². The summed E-state index contributed by atoms with van der Waals surface area (Å²) in [6, 6.07) is 22.3. The summed E-state index contributed by atoms with van der Waals surface area (Å²) in [4.78, 5) is 8.42. The van der Waals surface area contributed by atoms with Crippen LogP contribution in [0.5, 0.6) is 0 Å². The molecule has 102 valence electrons. The minimum Gasteiger partial charge on any atom is -0.256 e. The van der Waals surface area contributed by atoms with Gasteiger partial charge in [-0.05, 0) is 36.8 Å². The van der Waals surface area contributed by atoms with Crippen molar-refractivity contribution in [3.8, 4) is 0 Å². The van der Waals surface area contributed by atoms with Crippen LogP contribution in [-0.2, 0) is 0 Å². The number of benzene rings is 2. The first-order valence-electron chi connectivity index (χ1n) is 6.95. The van der Waals surface area contributed by atoms with Crippen LogP contribution < -0.4 is 0 Å². The van der Waals surface area contributed by atoms with E-state index in [4.69, 9.17) is 0 Å². The van der Waals surface area contributed by atoms with E-state index in [1.165, 1.54) is 16.3 Å². The summed E-state index contributed by atoms with van der Waals surface area (Å²) >= 11 is 0. The highest BCUT2D eigenvalue weighted by Gasteiger charge is 1.93. The zero-order valence-corrected chi connectivity index (χ0v) is 11.9. The lowest BCUT2D eigenvalue weighted by atomic mass is 10.1. The molecule has 0 aliphatic carbocycles. The third kappa shape index (κ3) is 3.06. The van der Waals surface area contributed by atoms with Gasteiger partial charge in [-0.25, -0.2) is 0 Å². The third-order valence-electron chi connectivity index (χ3n) is 3.38. The molecule has 2 heterocycles. The summed E-state index contributed by atoms with van der Waals surface area (Å²) in [7, 11) is 0. The monoisotopic (exact) mass is 272 g/mol. The number of fused-ring (bicyclic) bond motifs is 2. The zero-order chi connectivity index (χ0) is 14.5. The van der Waals surface area contributed by atoms with Gasteiger partial charge in [0.15, 0.2) is 0 Å². The highest BCUT2D eigenvalue weighted by Crippen LogP contribution is 2.14. The van der Waals surface area contributed by atoms with E-state index in [-0.39, 0.29) is 0 Å². The predicted octanol–water partition coefficient (Wildman–Crippen LogP) is 4.78. The van der Waals surface area contributed by atoms with Gasteiger partial charge in [0.25, 0.3) is 0 Å². The molecule has 4 aromatic rings. The second kappa shape index (κ2) is 6.14. The minimum atomic E-state index is 1.06. The molecule has 2 nitrogen and oxygen atoms in total. The lowest BCUT2D eigenvalue weighted by molar-refractivity contribution is 1.37. The Hall–Kier alpha value is -2.74. The van der Waals surface area contributed by atoms with Gasteiger partial charge in [0.1, 0.15) is 0 Å². The molecule has 2 heteroatoms. The van der Waals surface area contributed by atoms with E-state index < -0.39 is 0 Å². The molecule has 0 saturated carbocycles. The minimum absolute atomic E-state index is 1.06. The van der Waals surface area contributed by atoms with E-state index in [0.717, 1.165) is 11.0 Å². The summed E-state index contributed by atoms with van der Waals surface area (Å²) in [6.45, 7) is 2.10. The van der Waals surface area contributed by atoms with Crippen LogP contribution in [0.25, 0.3) is 21.8 Å². The molecule has 4 rings (SSSR count). The van der Waals surface area contributed by atoms with E-state index in [1.807, 2.05) is 60.9 Å². The SMILES string of the molecule is Cc1ccnc2ccccc12.c1ccc2ncccc2c1. The van der Waals surface area contributed by atoms with Crippen molar-refractivity contribution >= 4 is 21.8 Å². The van der Waals surface area contributed by atoms with E-state index in [2.05, 4.69) is 35.1 Å². The van der Waals surface area contributed by atoms with Crippen LogP contribution in [0.1, 0.15) is 5.56 Å². The molecular weight excluding hydrogens is 256 g/mol. The van der Waals surface area contributed by atoms with Crippen LogP contribution in [0.15, 0.2) is 79.1 Å². The van der Waals surface area contributed by atoms with Gasteiger partial charge in [-0.3, -0.25) is 9.97 Å². The molecule has 0 saturated heterocycles. The van der Waals surface area contributed by atoms with Gasteiger partial charge in [-0.2, -0.15) is 0 Å². The molecule has 0 amide bonds. The Labute approximate surface area is 124 Å². The van der Waals surface area contributed by atoms with Crippen LogP contribution in [0.2, 0.25) is 0 Å². The Morgan fingerprint density at radius 3 is 2.10 bits per heavy atom. The van der Waals surface area contributed by atoms with Crippen LogP contribution in [0.4, 0.5) is 0 Å². The van der Waals surface area contributed by atoms with Gasteiger partial charge in [0.05, 0.1) is 11.0 Å². The third-order valence-corrected chi connectivity index (χ3v) is 3.38. The van der Waals surface area contributed by atoms with E-state index in [9.17, 15) is 0 Å². The Balaban J connectivity index is 0.000000126. The summed E-state index contributed by atoms with van der Waals surface area (Å²) in [5.74, 6) is 0. The average molecular weight is 272 g/mol. The largest absolute Gasteiger partial charge is 0.256 e. The van der Waals surface area contributed by atoms with Crippen molar-refractivity contribution in [2.75, 3.05) is 0 Å². The second-order valence-electron chi connectivity index (χ2n) is 4.84. The first-order valence-corrected chi connectivity index (χ1v) is 6.95. The fraction of sp³-hybridized carbons (Fsp3) is 0.0526. The Bertz CT molecular complexity index is 798. The molecule has 0 radical (unpaired) electrons. The molecule has 0 unspecified atom stereocenters. The summed E-state index contributed by atoms with van der Waals surface area (Å²) in [5, 5.41) is 2.44. The summed E-state index contributed by atoms with van der Waals surface area (Å²) in [6.07, 6.45) is 3.65. The van der Waals surface area contributed by atoms with E-state index >= 15 is 0 Å². The van der Waals surface area contributed by atoms with Crippen molar-refractivity contribution in [3.05, 3.63) is 84.7 Å². The Morgan fingerprint density at radius 1 is 0.619 bits per heavy atom. The van der Waals surface area contributed by atoms with Crippen molar-refractivity contribution in [2.24, 2.45) is 0 Å². The number of pyridine rings is 2. The number of para-hydroxylation sites is 2. The molecular formula is C19H16N2. The fourth-order valence-electron chi connectivity index (χ4n) is 2.25. The highest BCUT2D eigenvalue weighted by atomic mass is 14.6. The molecule has 2 aromatic heterocycles. The van der Waals surface area contributed by atoms with Gasteiger partial charge in [-0.15, -0.1) is 0 Å². The van der Waals surface area contributed by atoms with Crippen LogP contribution >= 0.6 is 0 Å². The van der Waals surface area contributed by atoms with Crippen LogP contribution in [-0.4, -0.2) is 9.97 Å². The molecule has 2 aromatic carbocycles. The number of aromatic nitrogens is 2. The Morgan fingerprint density at radius 2 is 1.29 bits per heavy atom. The molecule has 21 heavy (non-hydrogen) atoms. The van der Waals surface area contributed by atoms with Crippen molar-refractivity contribution < 1.29 is 0 Å². The van der Waals surface area contributed by atoms with E-state index in [1.54, 1.807) is 0 Å². The first-order chi connectivity index (χ1) is 10.3. The zero-order valence-electron chi connectivity index (χ0n) is 11.9. The lowest BCUT2D eigenvalue weighted by Gasteiger charge is -1.97. The van der Waals surface area contributed by atoms with E-state index in [0.29, 0.717) is 0 Å². The summed E-state index contributed by atoms with van der Waals surface area (Å²) in [5.41, 5.74) is 3.42. The fourth-order valence-corrected chi connectivity index (χ4v) is 2.25. The maximum Gasteiger partial charge on any atom is 0.0704 e. The molecule has 0 bridgehead atoms.